The minimum Gasteiger partial charge on any atom is -0.465 e. The minimum atomic E-state index is -0.257. The number of carbonyl (C=O) groups excluding carboxylic acids is 1. The largest absolute Gasteiger partial charge is 0.465 e. The highest BCUT2D eigenvalue weighted by atomic mass is 16.5. The maximum Gasteiger partial charge on any atom is 0.325 e. The van der Waals surface area contributed by atoms with Gasteiger partial charge >= 0.3 is 5.97 Å². The Labute approximate surface area is 112 Å². The lowest BCUT2D eigenvalue weighted by atomic mass is 10.3. The second-order valence-electron chi connectivity index (χ2n) is 4.30. The highest BCUT2D eigenvalue weighted by molar-refractivity contribution is 5.75. The van der Waals surface area contributed by atoms with Crippen molar-refractivity contribution in [1.29, 1.82) is 0 Å². The molecule has 1 N–H and O–H groups in total. The number of hydrogen-bond acceptors (Lipinski definition) is 4. The summed E-state index contributed by atoms with van der Waals surface area (Å²) >= 11 is 0. The first-order valence-electron chi connectivity index (χ1n) is 6.53. The Kier molecular flexibility index (Phi) is 4.04. The smallest absolute Gasteiger partial charge is 0.325 e. The van der Waals surface area contributed by atoms with Gasteiger partial charge in [0.2, 0.25) is 0 Å². The molecule has 0 amide bonds. The van der Waals surface area contributed by atoms with Crippen molar-refractivity contribution in [2.24, 2.45) is 0 Å². The monoisotopic (exact) mass is 261 g/mol. The third kappa shape index (κ3) is 2.70. The van der Waals surface area contributed by atoms with E-state index in [2.05, 4.69) is 10.3 Å². The molecule has 0 saturated carbocycles. The van der Waals surface area contributed by atoms with E-state index in [9.17, 15) is 4.79 Å². The van der Waals surface area contributed by atoms with Gasteiger partial charge in [-0.1, -0.05) is 13.0 Å². The minimum absolute atomic E-state index is 0.155. The molecule has 5 heteroatoms. The van der Waals surface area contributed by atoms with Crippen LogP contribution in [0.4, 0.5) is 5.82 Å². The molecule has 5 nitrogen and oxygen atoms in total. The van der Waals surface area contributed by atoms with Gasteiger partial charge in [-0.2, -0.15) is 0 Å². The number of pyridine rings is 1. The van der Waals surface area contributed by atoms with Crippen LogP contribution in [0.25, 0.3) is 5.65 Å². The SMILES string of the molecule is CCOC(=O)CNc1c(CC)nc2c(C)cccn12. The molecule has 0 aliphatic heterocycles. The lowest BCUT2D eigenvalue weighted by Crippen LogP contribution is -2.18. The number of nitrogens with one attached hydrogen (secondary N) is 1. The summed E-state index contributed by atoms with van der Waals surface area (Å²) in [5, 5.41) is 3.12. The predicted molar refractivity (Wildman–Crippen MR) is 74.4 cm³/mol. The molecule has 0 atom stereocenters. The van der Waals surface area contributed by atoms with Crippen LogP contribution in [0.1, 0.15) is 25.1 Å². The second kappa shape index (κ2) is 5.73. The van der Waals surface area contributed by atoms with Crippen LogP contribution in [-0.2, 0) is 16.0 Å². The van der Waals surface area contributed by atoms with Crippen molar-refractivity contribution in [3.8, 4) is 0 Å². The number of nitrogens with zero attached hydrogens (tertiary/aromatic N) is 2. The Hall–Kier alpha value is -2.04. The first-order chi connectivity index (χ1) is 9.17. The fourth-order valence-corrected chi connectivity index (χ4v) is 2.05. The Morgan fingerprint density at radius 1 is 1.47 bits per heavy atom. The van der Waals surface area contributed by atoms with E-state index < -0.39 is 0 Å². The van der Waals surface area contributed by atoms with Crippen molar-refractivity contribution in [3.05, 3.63) is 29.6 Å². The first kappa shape index (κ1) is 13.4. The molecule has 19 heavy (non-hydrogen) atoms. The predicted octanol–water partition coefficient (Wildman–Crippen LogP) is 2.18. The Bertz CT molecular complexity index is 590. The number of esters is 1. The van der Waals surface area contributed by atoms with Crippen LogP contribution in [0.15, 0.2) is 18.3 Å². The Morgan fingerprint density at radius 2 is 2.26 bits per heavy atom. The first-order valence-corrected chi connectivity index (χ1v) is 6.53. The van der Waals surface area contributed by atoms with E-state index in [1.54, 1.807) is 6.92 Å². The lowest BCUT2D eigenvalue weighted by molar-refractivity contribution is -0.140. The fraction of sp³-hybridized carbons (Fsp3) is 0.429. The van der Waals surface area contributed by atoms with Crippen molar-refractivity contribution in [2.75, 3.05) is 18.5 Å². The molecule has 0 bridgehead atoms. The molecule has 0 fully saturated rings. The molecular weight excluding hydrogens is 242 g/mol. The summed E-state index contributed by atoms with van der Waals surface area (Å²) in [7, 11) is 0. The van der Waals surface area contributed by atoms with Gasteiger partial charge < -0.3 is 10.1 Å². The molecule has 0 radical (unpaired) electrons. The molecule has 2 rings (SSSR count). The van der Waals surface area contributed by atoms with E-state index in [4.69, 9.17) is 4.74 Å². The number of hydrogen-bond donors (Lipinski definition) is 1. The van der Waals surface area contributed by atoms with Gasteiger partial charge in [0, 0.05) is 6.20 Å². The molecule has 0 aliphatic rings. The molecule has 2 heterocycles. The van der Waals surface area contributed by atoms with Crippen LogP contribution >= 0.6 is 0 Å². The van der Waals surface area contributed by atoms with Gasteiger partial charge in [0.05, 0.1) is 12.3 Å². The number of anilines is 1. The van der Waals surface area contributed by atoms with Gasteiger partial charge in [-0.15, -0.1) is 0 Å². The van der Waals surface area contributed by atoms with Gasteiger partial charge in [0.25, 0.3) is 0 Å². The van der Waals surface area contributed by atoms with E-state index in [0.717, 1.165) is 29.1 Å². The molecule has 102 valence electrons. The average molecular weight is 261 g/mol. The Balaban J connectivity index is 2.30. The molecule has 0 unspecified atom stereocenters. The fourth-order valence-electron chi connectivity index (χ4n) is 2.05. The molecule has 0 aromatic carbocycles. The normalized spacial score (nSPS) is 10.7. The zero-order valence-corrected chi connectivity index (χ0v) is 11.6. The third-order valence-electron chi connectivity index (χ3n) is 2.96. The molecule has 0 saturated heterocycles. The van der Waals surface area contributed by atoms with Crippen LogP contribution in [0, 0.1) is 6.92 Å². The van der Waals surface area contributed by atoms with Gasteiger partial charge in [0.15, 0.2) is 0 Å². The highest BCUT2D eigenvalue weighted by Gasteiger charge is 2.13. The summed E-state index contributed by atoms with van der Waals surface area (Å²) in [6.45, 7) is 6.42. The van der Waals surface area contributed by atoms with Crippen LogP contribution in [0.5, 0.6) is 0 Å². The number of fused-ring (bicyclic) bond motifs is 1. The quantitative estimate of drug-likeness (QED) is 0.838. The number of ether oxygens (including phenoxy) is 1. The summed E-state index contributed by atoms with van der Waals surface area (Å²) in [5.74, 6) is 0.612. The van der Waals surface area contributed by atoms with Crippen molar-refractivity contribution in [2.45, 2.75) is 27.2 Å². The van der Waals surface area contributed by atoms with E-state index in [1.807, 2.05) is 36.6 Å². The molecule has 2 aromatic rings. The van der Waals surface area contributed by atoms with E-state index in [1.165, 1.54) is 0 Å². The van der Waals surface area contributed by atoms with Crippen molar-refractivity contribution in [1.82, 2.24) is 9.38 Å². The van der Waals surface area contributed by atoms with Gasteiger partial charge in [-0.3, -0.25) is 9.20 Å². The number of aromatic nitrogens is 2. The van der Waals surface area contributed by atoms with Gasteiger partial charge in [-0.05, 0) is 31.9 Å². The molecular formula is C14H19N3O2. The van der Waals surface area contributed by atoms with Crippen LogP contribution in [0.2, 0.25) is 0 Å². The van der Waals surface area contributed by atoms with E-state index in [0.29, 0.717) is 6.61 Å². The van der Waals surface area contributed by atoms with Gasteiger partial charge in [0.1, 0.15) is 18.0 Å². The number of aryl methyl sites for hydroxylation is 2. The zero-order chi connectivity index (χ0) is 13.8. The molecule has 0 spiro atoms. The van der Waals surface area contributed by atoms with E-state index in [-0.39, 0.29) is 12.5 Å². The summed E-state index contributed by atoms with van der Waals surface area (Å²) in [5.41, 5.74) is 2.99. The van der Waals surface area contributed by atoms with Crippen LogP contribution < -0.4 is 5.32 Å². The van der Waals surface area contributed by atoms with Crippen molar-refractivity contribution in [3.63, 3.8) is 0 Å². The van der Waals surface area contributed by atoms with E-state index >= 15 is 0 Å². The Morgan fingerprint density at radius 3 is 2.95 bits per heavy atom. The maximum absolute atomic E-state index is 11.4. The average Bonchev–Trinajstić information content (AvgIpc) is 2.76. The number of imidazole rings is 1. The second-order valence-corrected chi connectivity index (χ2v) is 4.30. The van der Waals surface area contributed by atoms with Crippen molar-refractivity contribution >= 4 is 17.4 Å². The summed E-state index contributed by atoms with van der Waals surface area (Å²) < 4.78 is 6.90. The van der Waals surface area contributed by atoms with Crippen molar-refractivity contribution < 1.29 is 9.53 Å². The topological polar surface area (TPSA) is 55.6 Å². The molecule has 0 aliphatic carbocycles. The molecule has 2 aromatic heterocycles. The zero-order valence-electron chi connectivity index (χ0n) is 11.6. The summed E-state index contributed by atoms with van der Waals surface area (Å²) in [6.07, 6.45) is 2.76. The summed E-state index contributed by atoms with van der Waals surface area (Å²) in [4.78, 5) is 16.0. The van der Waals surface area contributed by atoms with Gasteiger partial charge in [-0.25, -0.2) is 4.98 Å². The highest BCUT2D eigenvalue weighted by Crippen LogP contribution is 2.20. The van der Waals surface area contributed by atoms with Crippen LogP contribution in [0.3, 0.4) is 0 Å². The van der Waals surface area contributed by atoms with Crippen LogP contribution in [-0.4, -0.2) is 28.5 Å². The number of rotatable bonds is 5. The number of carbonyl (C=O) groups is 1. The third-order valence-corrected chi connectivity index (χ3v) is 2.96. The lowest BCUT2D eigenvalue weighted by Gasteiger charge is -2.07. The maximum atomic E-state index is 11.4. The standard InChI is InChI=1S/C14H19N3O2/c1-4-11-14(15-9-12(18)19-5-2)17-8-6-7-10(3)13(17)16-11/h6-8,15H,4-5,9H2,1-3H3. The summed E-state index contributed by atoms with van der Waals surface area (Å²) in [6, 6.07) is 4.00.